The van der Waals surface area contributed by atoms with E-state index in [2.05, 4.69) is 28.6 Å². The number of hydrogen-bond donors (Lipinski definition) is 1. The van der Waals surface area contributed by atoms with Gasteiger partial charge in [-0.05, 0) is 23.8 Å². The van der Waals surface area contributed by atoms with Gasteiger partial charge >= 0.3 is 0 Å². The van der Waals surface area contributed by atoms with E-state index in [0.717, 1.165) is 31.0 Å². The van der Waals surface area contributed by atoms with Crippen molar-refractivity contribution in [3.05, 3.63) is 47.8 Å². The monoisotopic (exact) mass is 245 g/mol. The molecule has 0 radical (unpaired) electrons. The highest BCUT2D eigenvalue weighted by molar-refractivity contribution is 5.26. The molecular formula is C14H19N3O. The number of aryl methyl sites for hydroxylation is 1. The first-order chi connectivity index (χ1) is 8.78. The second-order valence-electron chi connectivity index (χ2n) is 4.26. The number of benzene rings is 1. The van der Waals surface area contributed by atoms with Crippen molar-refractivity contribution < 1.29 is 4.74 Å². The maximum atomic E-state index is 5.12. The van der Waals surface area contributed by atoms with Gasteiger partial charge in [-0.25, -0.2) is 0 Å². The Kier molecular flexibility index (Phi) is 4.36. The van der Waals surface area contributed by atoms with Crippen LogP contribution in [-0.4, -0.2) is 23.4 Å². The normalized spacial score (nSPS) is 10.6. The first-order valence-corrected chi connectivity index (χ1v) is 6.10. The number of aromatic nitrogens is 2. The lowest BCUT2D eigenvalue weighted by Gasteiger charge is -2.05. The summed E-state index contributed by atoms with van der Waals surface area (Å²) in [5.41, 5.74) is 2.39. The zero-order valence-corrected chi connectivity index (χ0v) is 10.9. The number of hydrogen-bond acceptors (Lipinski definition) is 3. The molecule has 2 rings (SSSR count). The van der Waals surface area contributed by atoms with E-state index in [4.69, 9.17) is 4.74 Å². The second kappa shape index (κ2) is 6.21. The fourth-order valence-electron chi connectivity index (χ4n) is 1.79. The van der Waals surface area contributed by atoms with Gasteiger partial charge in [0.05, 0.1) is 12.8 Å². The third kappa shape index (κ3) is 3.60. The van der Waals surface area contributed by atoms with Crippen molar-refractivity contribution >= 4 is 0 Å². The predicted octanol–water partition coefficient (Wildman–Crippen LogP) is 1.76. The number of ether oxygens (including phenoxy) is 1. The average Bonchev–Trinajstić information content (AvgIpc) is 2.81. The van der Waals surface area contributed by atoms with Crippen LogP contribution < -0.4 is 10.1 Å². The molecule has 0 aliphatic heterocycles. The molecule has 0 fully saturated rings. The smallest absolute Gasteiger partial charge is 0.118 e. The van der Waals surface area contributed by atoms with Gasteiger partial charge < -0.3 is 10.1 Å². The van der Waals surface area contributed by atoms with Gasteiger partial charge in [-0.2, -0.15) is 5.10 Å². The van der Waals surface area contributed by atoms with Crippen LogP contribution in [0.1, 0.15) is 11.3 Å². The quantitative estimate of drug-likeness (QED) is 0.788. The van der Waals surface area contributed by atoms with Crippen LogP contribution in [0, 0.1) is 0 Å². The van der Waals surface area contributed by atoms with E-state index in [1.54, 1.807) is 7.11 Å². The molecule has 0 unspecified atom stereocenters. The lowest BCUT2D eigenvalue weighted by molar-refractivity contribution is 0.414. The van der Waals surface area contributed by atoms with Crippen molar-refractivity contribution in [3.8, 4) is 5.75 Å². The zero-order chi connectivity index (χ0) is 12.8. The molecule has 0 spiro atoms. The zero-order valence-electron chi connectivity index (χ0n) is 10.9. The molecule has 0 saturated heterocycles. The van der Waals surface area contributed by atoms with E-state index in [1.807, 2.05) is 30.1 Å². The van der Waals surface area contributed by atoms with Crippen LogP contribution in [0.25, 0.3) is 0 Å². The minimum atomic E-state index is 0.872. The van der Waals surface area contributed by atoms with Crippen LogP contribution >= 0.6 is 0 Å². The molecule has 18 heavy (non-hydrogen) atoms. The molecule has 0 bridgehead atoms. The van der Waals surface area contributed by atoms with E-state index >= 15 is 0 Å². The van der Waals surface area contributed by atoms with Crippen LogP contribution in [-0.2, 0) is 20.0 Å². The Balaban J connectivity index is 1.71. The summed E-state index contributed by atoms with van der Waals surface area (Å²) in [6.45, 7) is 1.81. The Morgan fingerprint density at radius 3 is 2.61 bits per heavy atom. The molecule has 0 atom stereocenters. The standard InChI is InChI=1S/C14H19N3O/c1-17-10-8-13(16-17)7-9-15-11-12-3-5-14(18-2)6-4-12/h3-6,8,10,15H,7,9,11H2,1-2H3. The topological polar surface area (TPSA) is 39.1 Å². The Labute approximate surface area is 108 Å². The maximum Gasteiger partial charge on any atom is 0.118 e. The van der Waals surface area contributed by atoms with Crippen molar-refractivity contribution in [1.29, 1.82) is 0 Å². The summed E-state index contributed by atoms with van der Waals surface area (Å²) >= 11 is 0. The highest BCUT2D eigenvalue weighted by Crippen LogP contribution is 2.10. The lowest BCUT2D eigenvalue weighted by atomic mass is 10.2. The molecule has 0 saturated carbocycles. The lowest BCUT2D eigenvalue weighted by Crippen LogP contribution is -2.16. The second-order valence-corrected chi connectivity index (χ2v) is 4.26. The van der Waals surface area contributed by atoms with Crippen molar-refractivity contribution in [2.45, 2.75) is 13.0 Å². The largest absolute Gasteiger partial charge is 0.497 e. The summed E-state index contributed by atoms with van der Waals surface area (Å²) in [6.07, 6.45) is 2.93. The fourth-order valence-corrected chi connectivity index (χ4v) is 1.79. The minimum Gasteiger partial charge on any atom is -0.497 e. The van der Waals surface area contributed by atoms with Crippen LogP contribution in [0.3, 0.4) is 0 Å². The van der Waals surface area contributed by atoms with Crippen LogP contribution in [0.2, 0.25) is 0 Å². The third-order valence-corrected chi connectivity index (χ3v) is 2.81. The molecular weight excluding hydrogens is 226 g/mol. The van der Waals surface area contributed by atoms with Crippen molar-refractivity contribution in [1.82, 2.24) is 15.1 Å². The van der Waals surface area contributed by atoms with Gasteiger partial charge in [0, 0.05) is 32.8 Å². The average molecular weight is 245 g/mol. The number of nitrogens with zero attached hydrogens (tertiary/aromatic N) is 2. The summed E-state index contributed by atoms with van der Waals surface area (Å²) in [4.78, 5) is 0. The maximum absolute atomic E-state index is 5.12. The van der Waals surface area contributed by atoms with E-state index < -0.39 is 0 Å². The molecule has 1 aromatic heterocycles. The third-order valence-electron chi connectivity index (χ3n) is 2.81. The van der Waals surface area contributed by atoms with Gasteiger partial charge in [-0.15, -0.1) is 0 Å². The Morgan fingerprint density at radius 2 is 2.00 bits per heavy atom. The molecule has 0 aliphatic rings. The summed E-state index contributed by atoms with van der Waals surface area (Å²) in [5, 5.41) is 7.74. The van der Waals surface area contributed by atoms with E-state index in [0.29, 0.717) is 0 Å². The van der Waals surface area contributed by atoms with E-state index in [-0.39, 0.29) is 0 Å². The summed E-state index contributed by atoms with van der Waals surface area (Å²) in [5.74, 6) is 0.896. The molecule has 4 heteroatoms. The van der Waals surface area contributed by atoms with Gasteiger partial charge in [0.2, 0.25) is 0 Å². The molecule has 1 aromatic carbocycles. The van der Waals surface area contributed by atoms with Crippen molar-refractivity contribution in [2.24, 2.45) is 7.05 Å². The van der Waals surface area contributed by atoms with Crippen LogP contribution in [0.5, 0.6) is 5.75 Å². The predicted molar refractivity (Wildman–Crippen MR) is 71.6 cm³/mol. The molecule has 0 aliphatic carbocycles. The van der Waals surface area contributed by atoms with Crippen LogP contribution in [0.15, 0.2) is 36.5 Å². The van der Waals surface area contributed by atoms with Crippen molar-refractivity contribution in [3.63, 3.8) is 0 Å². The summed E-state index contributed by atoms with van der Waals surface area (Å²) in [7, 11) is 3.62. The number of rotatable bonds is 6. The molecule has 0 amide bonds. The Morgan fingerprint density at radius 1 is 1.22 bits per heavy atom. The fraction of sp³-hybridized carbons (Fsp3) is 0.357. The van der Waals surface area contributed by atoms with E-state index in [1.165, 1.54) is 5.56 Å². The molecule has 2 aromatic rings. The summed E-state index contributed by atoms with van der Waals surface area (Å²) < 4.78 is 6.96. The number of nitrogens with one attached hydrogen (secondary N) is 1. The van der Waals surface area contributed by atoms with E-state index in [9.17, 15) is 0 Å². The molecule has 1 N–H and O–H groups in total. The van der Waals surface area contributed by atoms with Crippen molar-refractivity contribution in [2.75, 3.05) is 13.7 Å². The first-order valence-electron chi connectivity index (χ1n) is 6.10. The highest BCUT2D eigenvalue weighted by Gasteiger charge is 1.97. The SMILES string of the molecule is COc1ccc(CNCCc2ccn(C)n2)cc1. The summed E-state index contributed by atoms with van der Waals surface area (Å²) in [6, 6.07) is 10.2. The first kappa shape index (κ1) is 12.6. The highest BCUT2D eigenvalue weighted by atomic mass is 16.5. The molecule has 1 heterocycles. The number of methoxy groups -OCH3 is 1. The van der Waals surface area contributed by atoms with Gasteiger partial charge in [0.1, 0.15) is 5.75 Å². The Hall–Kier alpha value is -1.81. The van der Waals surface area contributed by atoms with Crippen LogP contribution in [0.4, 0.5) is 0 Å². The van der Waals surface area contributed by atoms with Gasteiger partial charge in [-0.3, -0.25) is 4.68 Å². The molecule has 4 nitrogen and oxygen atoms in total. The van der Waals surface area contributed by atoms with Gasteiger partial charge in [0.25, 0.3) is 0 Å². The Bertz CT molecular complexity index is 476. The molecule has 96 valence electrons. The van der Waals surface area contributed by atoms with Gasteiger partial charge in [0.15, 0.2) is 0 Å². The van der Waals surface area contributed by atoms with Gasteiger partial charge in [-0.1, -0.05) is 12.1 Å². The minimum absolute atomic E-state index is 0.872.